The van der Waals surface area contributed by atoms with Gasteiger partial charge in [0.25, 0.3) is 0 Å². The zero-order valence-corrected chi connectivity index (χ0v) is 12.8. The SMILES string of the molecule is O=C(Cc1ccc(F)cc1)NCC(O)(c1ccccc1)C1CC1. The fourth-order valence-corrected chi connectivity index (χ4v) is 2.85. The number of nitrogens with one attached hydrogen (secondary N) is 1. The van der Waals surface area contributed by atoms with Crippen LogP contribution in [-0.4, -0.2) is 17.6 Å². The number of halogens is 1. The standard InChI is InChI=1S/C19H20FNO2/c20-17-10-6-14(7-11-17)12-18(22)21-13-19(23,16-8-9-16)15-4-2-1-3-5-15/h1-7,10-11,16,23H,8-9,12-13H2,(H,21,22). The second-order valence-electron chi connectivity index (χ2n) is 6.14. The monoisotopic (exact) mass is 313 g/mol. The molecule has 2 N–H and O–H groups in total. The quantitative estimate of drug-likeness (QED) is 0.861. The average molecular weight is 313 g/mol. The first-order chi connectivity index (χ1) is 11.1. The summed E-state index contributed by atoms with van der Waals surface area (Å²) in [6, 6.07) is 15.4. The summed E-state index contributed by atoms with van der Waals surface area (Å²) in [6.07, 6.45) is 2.12. The van der Waals surface area contributed by atoms with Crippen LogP contribution in [0.1, 0.15) is 24.0 Å². The van der Waals surface area contributed by atoms with Crippen molar-refractivity contribution in [1.29, 1.82) is 0 Å². The first-order valence-electron chi connectivity index (χ1n) is 7.87. The van der Waals surface area contributed by atoms with Crippen LogP contribution in [0.5, 0.6) is 0 Å². The Morgan fingerprint density at radius 1 is 1.13 bits per heavy atom. The van der Waals surface area contributed by atoms with Crippen LogP contribution in [0.15, 0.2) is 54.6 Å². The molecule has 23 heavy (non-hydrogen) atoms. The molecule has 0 spiro atoms. The van der Waals surface area contributed by atoms with Crippen molar-refractivity contribution in [3.05, 3.63) is 71.5 Å². The molecule has 4 heteroatoms. The summed E-state index contributed by atoms with van der Waals surface area (Å²) >= 11 is 0. The largest absolute Gasteiger partial charge is 0.383 e. The maximum Gasteiger partial charge on any atom is 0.224 e. The highest BCUT2D eigenvalue weighted by molar-refractivity contribution is 5.78. The Morgan fingerprint density at radius 3 is 2.39 bits per heavy atom. The molecule has 0 bridgehead atoms. The lowest BCUT2D eigenvalue weighted by atomic mass is 9.88. The first-order valence-corrected chi connectivity index (χ1v) is 7.87. The molecular weight excluding hydrogens is 293 g/mol. The maximum absolute atomic E-state index is 12.9. The van der Waals surface area contributed by atoms with E-state index in [9.17, 15) is 14.3 Å². The lowest BCUT2D eigenvalue weighted by molar-refractivity contribution is -0.122. The first kappa shape index (κ1) is 15.7. The molecule has 1 aliphatic carbocycles. The predicted octanol–water partition coefficient (Wildman–Crippen LogP) is 2.78. The summed E-state index contributed by atoms with van der Waals surface area (Å²) < 4.78 is 12.9. The third-order valence-corrected chi connectivity index (χ3v) is 4.36. The number of carbonyl (C=O) groups excluding carboxylic acids is 1. The molecule has 1 saturated carbocycles. The van der Waals surface area contributed by atoms with Crippen molar-refractivity contribution in [3.63, 3.8) is 0 Å². The summed E-state index contributed by atoms with van der Waals surface area (Å²) in [6.45, 7) is 0.196. The highest BCUT2D eigenvalue weighted by atomic mass is 19.1. The van der Waals surface area contributed by atoms with Crippen molar-refractivity contribution in [1.82, 2.24) is 5.32 Å². The van der Waals surface area contributed by atoms with Crippen molar-refractivity contribution in [3.8, 4) is 0 Å². The van der Waals surface area contributed by atoms with Crippen LogP contribution in [0.2, 0.25) is 0 Å². The van der Waals surface area contributed by atoms with E-state index in [0.717, 1.165) is 24.0 Å². The van der Waals surface area contributed by atoms with Gasteiger partial charge in [-0.15, -0.1) is 0 Å². The maximum atomic E-state index is 12.9. The molecule has 0 aromatic heterocycles. The Kier molecular flexibility index (Phi) is 4.44. The molecule has 2 aromatic carbocycles. The van der Waals surface area contributed by atoms with E-state index in [1.165, 1.54) is 12.1 Å². The molecule has 2 aromatic rings. The molecule has 3 nitrogen and oxygen atoms in total. The van der Waals surface area contributed by atoms with Gasteiger partial charge in [0, 0.05) is 0 Å². The lowest BCUT2D eigenvalue weighted by Crippen LogP contribution is -2.43. The number of hydrogen-bond donors (Lipinski definition) is 2. The Labute approximate surface area is 135 Å². The number of rotatable bonds is 6. The van der Waals surface area contributed by atoms with E-state index in [4.69, 9.17) is 0 Å². The van der Waals surface area contributed by atoms with Crippen LogP contribution < -0.4 is 5.32 Å². The smallest absolute Gasteiger partial charge is 0.224 e. The number of carbonyl (C=O) groups is 1. The molecule has 0 saturated heterocycles. The summed E-state index contributed by atoms with van der Waals surface area (Å²) in [5.41, 5.74) is 0.572. The van der Waals surface area contributed by atoms with Crippen LogP contribution in [0, 0.1) is 11.7 Å². The van der Waals surface area contributed by atoms with Gasteiger partial charge in [-0.1, -0.05) is 42.5 Å². The highest BCUT2D eigenvalue weighted by Crippen LogP contribution is 2.45. The Bertz CT molecular complexity index is 668. The molecule has 1 amide bonds. The van der Waals surface area contributed by atoms with Crippen molar-refractivity contribution in [2.75, 3.05) is 6.54 Å². The van der Waals surface area contributed by atoms with Crippen molar-refractivity contribution in [2.45, 2.75) is 24.9 Å². The highest BCUT2D eigenvalue weighted by Gasteiger charge is 2.45. The van der Waals surface area contributed by atoms with E-state index < -0.39 is 5.60 Å². The second-order valence-corrected chi connectivity index (χ2v) is 6.14. The molecule has 0 aliphatic heterocycles. The summed E-state index contributed by atoms with van der Waals surface area (Å²) in [7, 11) is 0. The molecule has 0 radical (unpaired) electrons. The molecule has 120 valence electrons. The van der Waals surface area contributed by atoms with E-state index in [0.29, 0.717) is 0 Å². The third kappa shape index (κ3) is 3.77. The summed E-state index contributed by atoms with van der Waals surface area (Å²) in [5, 5.41) is 13.8. The minimum Gasteiger partial charge on any atom is -0.383 e. The van der Waals surface area contributed by atoms with Crippen LogP contribution in [-0.2, 0) is 16.8 Å². The molecule has 1 aliphatic rings. The van der Waals surface area contributed by atoms with E-state index in [1.807, 2.05) is 30.3 Å². The normalized spacial score (nSPS) is 16.6. The second kappa shape index (κ2) is 6.50. The number of hydrogen-bond acceptors (Lipinski definition) is 2. The Balaban J connectivity index is 1.63. The molecule has 1 unspecified atom stereocenters. The van der Waals surface area contributed by atoms with Crippen LogP contribution in [0.25, 0.3) is 0 Å². The topological polar surface area (TPSA) is 49.3 Å². The van der Waals surface area contributed by atoms with E-state index in [2.05, 4.69) is 5.32 Å². The minimum atomic E-state index is -1.01. The number of aliphatic hydroxyl groups is 1. The van der Waals surface area contributed by atoms with Gasteiger partial charge < -0.3 is 10.4 Å². The molecule has 0 heterocycles. The van der Waals surface area contributed by atoms with Crippen molar-refractivity contribution < 1.29 is 14.3 Å². The van der Waals surface area contributed by atoms with E-state index in [-0.39, 0.29) is 30.6 Å². The lowest BCUT2D eigenvalue weighted by Gasteiger charge is -2.29. The summed E-state index contributed by atoms with van der Waals surface area (Å²) in [4.78, 5) is 12.1. The molecule has 3 rings (SSSR count). The Morgan fingerprint density at radius 2 is 1.78 bits per heavy atom. The predicted molar refractivity (Wildman–Crippen MR) is 86.2 cm³/mol. The zero-order valence-electron chi connectivity index (χ0n) is 12.8. The van der Waals surface area contributed by atoms with E-state index in [1.54, 1.807) is 12.1 Å². The van der Waals surface area contributed by atoms with Gasteiger partial charge in [-0.2, -0.15) is 0 Å². The Hall–Kier alpha value is -2.20. The number of amides is 1. The van der Waals surface area contributed by atoms with Gasteiger partial charge in [0.2, 0.25) is 5.91 Å². The fourth-order valence-electron chi connectivity index (χ4n) is 2.85. The van der Waals surface area contributed by atoms with Gasteiger partial charge in [-0.25, -0.2) is 4.39 Å². The van der Waals surface area contributed by atoms with Crippen LogP contribution >= 0.6 is 0 Å². The van der Waals surface area contributed by atoms with Gasteiger partial charge in [0.05, 0.1) is 13.0 Å². The third-order valence-electron chi connectivity index (χ3n) is 4.36. The molecular formula is C19H20FNO2. The van der Waals surface area contributed by atoms with Gasteiger partial charge >= 0.3 is 0 Å². The van der Waals surface area contributed by atoms with Crippen molar-refractivity contribution in [2.24, 2.45) is 5.92 Å². The van der Waals surface area contributed by atoms with Gasteiger partial charge in [-0.3, -0.25) is 4.79 Å². The van der Waals surface area contributed by atoms with Gasteiger partial charge in [0.15, 0.2) is 0 Å². The van der Waals surface area contributed by atoms with Gasteiger partial charge in [0.1, 0.15) is 11.4 Å². The van der Waals surface area contributed by atoms with Crippen molar-refractivity contribution >= 4 is 5.91 Å². The van der Waals surface area contributed by atoms with Crippen LogP contribution in [0.4, 0.5) is 4.39 Å². The summed E-state index contributed by atoms with van der Waals surface area (Å²) in [5.74, 6) is -0.302. The molecule has 1 fully saturated rings. The minimum absolute atomic E-state index is 0.174. The molecule has 1 atom stereocenters. The zero-order chi connectivity index (χ0) is 16.3. The van der Waals surface area contributed by atoms with Gasteiger partial charge in [-0.05, 0) is 42.0 Å². The average Bonchev–Trinajstić information content (AvgIpc) is 3.41. The fraction of sp³-hybridized carbons (Fsp3) is 0.316. The number of benzene rings is 2. The van der Waals surface area contributed by atoms with Crippen LogP contribution in [0.3, 0.4) is 0 Å². The van der Waals surface area contributed by atoms with E-state index >= 15 is 0 Å².